The molecule has 0 spiro atoms. The summed E-state index contributed by atoms with van der Waals surface area (Å²) < 4.78 is 13.4. The molecule has 1 aromatic heterocycles. The molecule has 0 saturated carbocycles. The van der Waals surface area contributed by atoms with Crippen molar-refractivity contribution in [3.05, 3.63) is 65.6 Å². The minimum absolute atomic E-state index is 0.0664. The normalized spacial score (nSPS) is 11.7. The van der Waals surface area contributed by atoms with Crippen LogP contribution in [0, 0.1) is 5.82 Å². The maximum atomic E-state index is 13.4. The molecule has 0 bridgehead atoms. The van der Waals surface area contributed by atoms with Crippen molar-refractivity contribution in [3.8, 4) is 0 Å². The molecule has 1 amide bonds. The number of nitrogens with one attached hydrogen (secondary N) is 2. The second-order valence-corrected chi connectivity index (χ2v) is 6.67. The zero-order valence-electron chi connectivity index (χ0n) is 13.4. The molecule has 0 atom stereocenters. The maximum Gasteiger partial charge on any atom is 0.257 e. The molecule has 1 heterocycles. The molecule has 118 valence electrons. The summed E-state index contributed by atoms with van der Waals surface area (Å²) >= 11 is 0. The molecule has 2 N–H and O–H groups in total. The molecular formula is C19H19FN2O. The van der Waals surface area contributed by atoms with Gasteiger partial charge >= 0.3 is 0 Å². The van der Waals surface area contributed by atoms with Crippen LogP contribution < -0.4 is 5.32 Å². The first-order chi connectivity index (χ1) is 10.8. The van der Waals surface area contributed by atoms with E-state index in [2.05, 4.69) is 31.1 Å². The molecule has 4 heteroatoms. The molecule has 0 aliphatic heterocycles. The van der Waals surface area contributed by atoms with E-state index in [0.29, 0.717) is 16.6 Å². The van der Waals surface area contributed by atoms with Crippen molar-refractivity contribution in [1.82, 2.24) is 4.98 Å². The number of hydrogen-bond donors (Lipinski definition) is 2. The lowest BCUT2D eigenvalue weighted by Crippen LogP contribution is -2.13. The van der Waals surface area contributed by atoms with Crippen LogP contribution in [-0.2, 0) is 5.41 Å². The molecule has 0 aliphatic carbocycles. The van der Waals surface area contributed by atoms with Crippen LogP contribution in [0.5, 0.6) is 0 Å². The van der Waals surface area contributed by atoms with E-state index in [-0.39, 0.29) is 17.1 Å². The van der Waals surface area contributed by atoms with Gasteiger partial charge in [0.05, 0.1) is 5.56 Å². The SMILES string of the molecule is CC(C)(C)c1ccc(NC(=O)c2c[nH]c3ccc(F)cc23)cc1. The van der Waals surface area contributed by atoms with Gasteiger partial charge in [-0.3, -0.25) is 4.79 Å². The molecule has 0 aliphatic rings. The highest BCUT2D eigenvalue weighted by Gasteiger charge is 2.15. The van der Waals surface area contributed by atoms with E-state index >= 15 is 0 Å². The third-order valence-electron chi connectivity index (χ3n) is 3.90. The smallest absolute Gasteiger partial charge is 0.257 e. The van der Waals surface area contributed by atoms with Crippen LogP contribution in [0.3, 0.4) is 0 Å². The summed E-state index contributed by atoms with van der Waals surface area (Å²) in [4.78, 5) is 15.4. The van der Waals surface area contributed by atoms with Crippen molar-refractivity contribution in [1.29, 1.82) is 0 Å². The highest BCUT2D eigenvalue weighted by molar-refractivity contribution is 6.12. The van der Waals surface area contributed by atoms with Gasteiger partial charge in [0, 0.05) is 22.8 Å². The van der Waals surface area contributed by atoms with Gasteiger partial charge in [-0.05, 0) is 41.3 Å². The number of hydrogen-bond acceptors (Lipinski definition) is 1. The number of anilines is 1. The zero-order chi connectivity index (χ0) is 16.6. The van der Waals surface area contributed by atoms with E-state index in [1.165, 1.54) is 17.7 Å². The van der Waals surface area contributed by atoms with Crippen LogP contribution in [0.15, 0.2) is 48.7 Å². The molecule has 0 fully saturated rings. The van der Waals surface area contributed by atoms with E-state index in [0.717, 1.165) is 5.52 Å². The van der Waals surface area contributed by atoms with Crippen molar-refractivity contribution < 1.29 is 9.18 Å². The van der Waals surface area contributed by atoms with Gasteiger partial charge in [0.15, 0.2) is 0 Å². The molecule has 0 radical (unpaired) electrons. The minimum Gasteiger partial charge on any atom is -0.360 e. The van der Waals surface area contributed by atoms with Gasteiger partial charge < -0.3 is 10.3 Å². The Labute approximate surface area is 134 Å². The Hall–Kier alpha value is -2.62. The Bertz CT molecular complexity index is 857. The summed E-state index contributed by atoms with van der Waals surface area (Å²) in [5.41, 5.74) is 3.15. The Morgan fingerprint density at radius 2 is 1.78 bits per heavy atom. The van der Waals surface area contributed by atoms with E-state index in [9.17, 15) is 9.18 Å². The van der Waals surface area contributed by atoms with Crippen LogP contribution in [0.2, 0.25) is 0 Å². The maximum absolute atomic E-state index is 13.4. The second kappa shape index (κ2) is 5.54. The molecule has 0 saturated heterocycles. The number of carbonyl (C=O) groups excluding carboxylic acids is 1. The van der Waals surface area contributed by atoms with Crippen molar-refractivity contribution in [2.45, 2.75) is 26.2 Å². The number of aromatic amines is 1. The number of rotatable bonds is 2. The molecule has 23 heavy (non-hydrogen) atoms. The summed E-state index contributed by atoms with van der Waals surface area (Å²) in [6.45, 7) is 6.42. The van der Waals surface area contributed by atoms with Gasteiger partial charge in [0.2, 0.25) is 0 Å². The third-order valence-corrected chi connectivity index (χ3v) is 3.90. The summed E-state index contributed by atoms with van der Waals surface area (Å²) in [6, 6.07) is 12.1. The predicted molar refractivity (Wildman–Crippen MR) is 91.4 cm³/mol. The van der Waals surface area contributed by atoms with Crippen molar-refractivity contribution in [3.63, 3.8) is 0 Å². The number of aromatic nitrogens is 1. The van der Waals surface area contributed by atoms with Crippen molar-refractivity contribution in [2.24, 2.45) is 0 Å². The predicted octanol–water partition coefficient (Wildman–Crippen LogP) is 4.86. The largest absolute Gasteiger partial charge is 0.360 e. The summed E-state index contributed by atoms with van der Waals surface area (Å²) in [7, 11) is 0. The Balaban J connectivity index is 1.85. The number of benzene rings is 2. The summed E-state index contributed by atoms with van der Waals surface area (Å²) in [5, 5.41) is 3.43. The summed E-state index contributed by atoms with van der Waals surface area (Å²) in [6.07, 6.45) is 1.60. The fraction of sp³-hybridized carbons (Fsp3) is 0.211. The van der Waals surface area contributed by atoms with E-state index in [4.69, 9.17) is 0 Å². The molecule has 3 rings (SSSR count). The van der Waals surface area contributed by atoms with Gasteiger partial charge in [-0.2, -0.15) is 0 Å². The Morgan fingerprint density at radius 3 is 2.43 bits per heavy atom. The van der Waals surface area contributed by atoms with Crippen LogP contribution in [-0.4, -0.2) is 10.9 Å². The van der Waals surface area contributed by atoms with Gasteiger partial charge in [-0.15, -0.1) is 0 Å². The first kappa shape index (κ1) is 15.3. The van der Waals surface area contributed by atoms with Gasteiger partial charge in [0.25, 0.3) is 5.91 Å². The lowest BCUT2D eigenvalue weighted by Gasteiger charge is -2.19. The number of halogens is 1. The zero-order valence-corrected chi connectivity index (χ0v) is 13.4. The van der Waals surface area contributed by atoms with Crippen LogP contribution in [0.25, 0.3) is 10.9 Å². The Kier molecular flexibility index (Phi) is 3.68. The molecule has 3 aromatic rings. The topological polar surface area (TPSA) is 44.9 Å². The fourth-order valence-electron chi connectivity index (χ4n) is 2.53. The number of amides is 1. The van der Waals surface area contributed by atoms with Gasteiger partial charge in [-0.25, -0.2) is 4.39 Å². The molecule has 2 aromatic carbocycles. The number of fused-ring (bicyclic) bond motifs is 1. The molecule has 0 unspecified atom stereocenters. The van der Waals surface area contributed by atoms with Crippen molar-refractivity contribution in [2.75, 3.05) is 5.32 Å². The highest BCUT2D eigenvalue weighted by Crippen LogP contribution is 2.24. The standard InChI is InChI=1S/C19H19FN2O/c1-19(2,3)12-4-7-14(8-5-12)22-18(23)16-11-21-17-9-6-13(20)10-15(16)17/h4-11,21H,1-3H3,(H,22,23). The average molecular weight is 310 g/mol. The number of H-pyrrole nitrogens is 1. The molecule has 3 nitrogen and oxygen atoms in total. The van der Waals surface area contributed by atoms with Crippen LogP contribution >= 0.6 is 0 Å². The Morgan fingerprint density at radius 1 is 1.09 bits per heavy atom. The quantitative estimate of drug-likeness (QED) is 0.698. The minimum atomic E-state index is -0.360. The first-order valence-corrected chi connectivity index (χ1v) is 7.53. The highest BCUT2D eigenvalue weighted by atomic mass is 19.1. The number of carbonyl (C=O) groups is 1. The fourth-order valence-corrected chi connectivity index (χ4v) is 2.53. The van der Waals surface area contributed by atoms with Gasteiger partial charge in [-0.1, -0.05) is 32.9 Å². The third kappa shape index (κ3) is 3.11. The van der Waals surface area contributed by atoms with Crippen LogP contribution in [0.4, 0.5) is 10.1 Å². The first-order valence-electron chi connectivity index (χ1n) is 7.53. The van der Waals surface area contributed by atoms with Crippen molar-refractivity contribution >= 4 is 22.5 Å². The molecular weight excluding hydrogens is 291 g/mol. The van der Waals surface area contributed by atoms with E-state index in [1.54, 1.807) is 12.3 Å². The van der Waals surface area contributed by atoms with Gasteiger partial charge in [0.1, 0.15) is 5.82 Å². The average Bonchev–Trinajstić information content (AvgIpc) is 2.90. The second-order valence-electron chi connectivity index (χ2n) is 6.67. The van der Waals surface area contributed by atoms with E-state index < -0.39 is 0 Å². The monoisotopic (exact) mass is 310 g/mol. The summed E-state index contributed by atoms with van der Waals surface area (Å²) in [5.74, 6) is -0.619. The van der Waals surface area contributed by atoms with E-state index in [1.807, 2.05) is 24.3 Å². The van der Waals surface area contributed by atoms with Crippen LogP contribution in [0.1, 0.15) is 36.7 Å². The lowest BCUT2D eigenvalue weighted by atomic mass is 9.87. The lowest BCUT2D eigenvalue weighted by molar-refractivity contribution is 0.102.